The molecule has 1 unspecified atom stereocenters. The first-order valence-corrected chi connectivity index (χ1v) is 7.47. The van der Waals surface area contributed by atoms with Crippen molar-refractivity contribution in [3.8, 4) is 5.75 Å². The first-order chi connectivity index (χ1) is 10.0. The predicted octanol–water partition coefficient (Wildman–Crippen LogP) is 3.15. The highest BCUT2D eigenvalue weighted by Crippen LogP contribution is 2.16. The van der Waals surface area contributed by atoms with Gasteiger partial charge in [0.15, 0.2) is 0 Å². The van der Waals surface area contributed by atoms with E-state index in [9.17, 15) is 8.78 Å². The average molecular weight is 300 g/mol. The minimum atomic E-state index is -2.76. The number of benzene rings is 1. The van der Waals surface area contributed by atoms with Crippen LogP contribution in [-0.4, -0.2) is 44.2 Å². The molecule has 1 N–H and O–H groups in total. The van der Waals surface area contributed by atoms with Crippen molar-refractivity contribution in [2.75, 3.05) is 26.7 Å². The molecule has 0 heterocycles. The van der Waals surface area contributed by atoms with Crippen molar-refractivity contribution >= 4 is 0 Å². The molecular formula is C16H26F2N2O. The number of halogens is 2. The third kappa shape index (κ3) is 7.97. The molecule has 0 saturated carbocycles. The van der Waals surface area contributed by atoms with E-state index in [0.29, 0.717) is 6.04 Å². The van der Waals surface area contributed by atoms with Gasteiger partial charge >= 0.3 is 6.61 Å². The van der Waals surface area contributed by atoms with Gasteiger partial charge in [0, 0.05) is 19.1 Å². The van der Waals surface area contributed by atoms with Crippen LogP contribution >= 0.6 is 0 Å². The number of rotatable bonds is 10. The Balaban J connectivity index is 2.24. The summed E-state index contributed by atoms with van der Waals surface area (Å²) in [4.78, 5) is 2.27. The van der Waals surface area contributed by atoms with Gasteiger partial charge in [-0.15, -0.1) is 0 Å². The van der Waals surface area contributed by atoms with Gasteiger partial charge in [0.25, 0.3) is 0 Å². The molecule has 0 radical (unpaired) electrons. The highest BCUT2D eigenvalue weighted by atomic mass is 19.3. The van der Waals surface area contributed by atoms with E-state index >= 15 is 0 Å². The van der Waals surface area contributed by atoms with Crippen LogP contribution in [-0.2, 0) is 6.42 Å². The summed E-state index contributed by atoms with van der Waals surface area (Å²) in [6, 6.07) is 7.31. The van der Waals surface area contributed by atoms with Gasteiger partial charge in [-0.1, -0.05) is 19.1 Å². The van der Waals surface area contributed by atoms with Crippen molar-refractivity contribution in [3.63, 3.8) is 0 Å². The quantitative estimate of drug-likeness (QED) is 0.718. The highest BCUT2D eigenvalue weighted by molar-refractivity contribution is 5.27. The van der Waals surface area contributed by atoms with Crippen molar-refractivity contribution in [1.82, 2.24) is 10.2 Å². The largest absolute Gasteiger partial charge is 0.435 e. The van der Waals surface area contributed by atoms with Gasteiger partial charge in [-0.05, 0) is 51.1 Å². The molecule has 0 spiro atoms. The monoisotopic (exact) mass is 300 g/mol. The van der Waals surface area contributed by atoms with Crippen LogP contribution in [0.3, 0.4) is 0 Å². The van der Waals surface area contributed by atoms with Gasteiger partial charge in [0.2, 0.25) is 0 Å². The third-order valence-electron chi connectivity index (χ3n) is 3.54. The zero-order chi connectivity index (χ0) is 15.7. The van der Waals surface area contributed by atoms with Gasteiger partial charge in [0.1, 0.15) is 5.75 Å². The van der Waals surface area contributed by atoms with E-state index in [1.165, 1.54) is 0 Å². The van der Waals surface area contributed by atoms with Crippen LogP contribution in [0.15, 0.2) is 24.3 Å². The summed E-state index contributed by atoms with van der Waals surface area (Å²) in [6.07, 6.45) is 1.94. The number of nitrogens with zero attached hydrogens (tertiary/aromatic N) is 1. The summed E-state index contributed by atoms with van der Waals surface area (Å²) >= 11 is 0. The molecule has 0 aliphatic carbocycles. The van der Waals surface area contributed by atoms with Crippen LogP contribution in [0.1, 0.15) is 25.8 Å². The van der Waals surface area contributed by atoms with E-state index in [0.717, 1.165) is 38.0 Å². The van der Waals surface area contributed by atoms with Crippen molar-refractivity contribution in [1.29, 1.82) is 0 Å². The normalized spacial score (nSPS) is 12.9. The Hall–Kier alpha value is -1.20. The summed E-state index contributed by atoms with van der Waals surface area (Å²) < 4.78 is 28.4. The lowest BCUT2D eigenvalue weighted by molar-refractivity contribution is -0.0498. The Bertz CT molecular complexity index is 384. The number of ether oxygens (including phenoxy) is 1. The van der Waals surface area contributed by atoms with E-state index in [2.05, 4.69) is 35.8 Å². The second kappa shape index (κ2) is 9.68. The summed E-state index contributed by atoms with van der Waals surface area (Å²) in [5, 5.41) is 3.49. The highest BCUT2D eigenvalue weighted by Gasteiger charge is 2.05. The van der Waals surface area contributed by atoms with E-state index in [1.807, 2.05) is 12.1 Å². The zero-order valence-corrected chi connectivity index (χ0v) is 13.1. The summed E-state index contributed by atoms with van der Waals surface area (Å²) in [7, 11) is 2.11. The lowest BCUT2D eigenvalue weighted by Gasteiger charge is -2.18. The molecule has 1 rings (SSSR count). The standard InChI is InChI=1S/C16H26F2N2O/c1-4-20(3)12-11-19-13(2)5-6-14-7-9-15(10-8-14)21-16(17)18/h7-10,13,16,19H,4-6,11-12H2,1-3H3. The van der Waals surface area contributed by atoms with E-state index in [-0.39, 0.29) is 5.75 Å². The minimum Gasteiger partial charge on any atom is -0.435 e. The molecule has 0 aliphatic heterocycles. The molecule has 1 atom stereocenters. The van der Waals surface area contributed by atoms with Crippen LogP contribution in [0.5, 0.6) is 5.75 Å². The first kappa shape index (κ1) is 17.9. The fraction of sp³-hybridized carbons (Fsp3) is 0.625. The van der Waals surface area contributed by atoms with Crippen molar-refractivity contribution in [2.24, 2.45) is 0 Å². The Morgan fingerprint density at radius 3 is 2.48 bits per heavy atom. The summed E-state index contributed by atoms with van der Waals surface area (Å²) in [5.74, 6) is 0.211. The van der Waals surface area contributed by atoms with Crippen LogP contribution < -0.4 is 10.1 Å². The number of hydrogen-bond donors (Lipinski definition) is 1. The second-order valence-corrected chi connectivity index (χ2v) is 5.31. The molecule has 3 nitrogen and oxygen atoms in total. The molecule has 0 aromatic heterocycles. The maximum atomic E-state index is 12.0. The van der Waals surface area contributed by atoms with Gasteiger partial charge in [-0.3, -0.25) is 0 Å². The maximum absolute atomic E-state index is 12.0. The molecule has 1 aromatic rings. The fourth-order valence-corrected chi connectivity index (χ4v) is 1.98. The van der Waals surface area contributed by atoms with Gasteiger partial charge in [0.05, 0.1) is 0 Å². The smallest absolute Gasteiger partial charge is 0.387 e. The molecular weight excluding hydrogens is 274 g/mol. The molecule has 0 amide bonds. The fourth-order valence-electron chi connectivity index (χ4n) is 1.98. The summed E-state index contributed by atoms with van der Waals surface area (Å²) in [5.41, 5.74) is 1.14. The van der Waals surface area contributed by atoms with Gasteiger partial charge < -0.3 is 15.0 Å². The van der Waals surface area contributed by atoms with Crippen molar-refractivity contribution in [3.05, 3.63) is 29.8 Å². The second-order valence-electron chi connectivity index (χ2n) is 5.31. The number of nitrogens with one attached hydrogen (secondary N) is 1. The Kier molecular flexibility index (Phi) is 8.23. The molecule has 120 valence electrons. The molecule has 0 saturated heterocycles. The zero-order valence-electron chi connectivity index (χ0n) is 13.1. The maximum Gasteiger partial charge on any atom is 0.387 e. The predicted molar refractivity (Wildman–Crippen MR) is 82.0 cm³/mol. The van der Waals surface area contributed by atoms with Crippen LogP contribution in [0.25, 0.3) is 0 Å². The topological polar surface area (TPSA) is 24.5 Å². The number of hydrogen-bond acceptors (Lipinski definition) is 3. The van der Waals surface area contributed by atoms with Gasteiger partial charge in [-0.2, -0.15) is 8.78 Å². The SMILES string of the molecule is CCN(C)CCNC(C)CCc1ccc(OC(F)F)cc1. The van der Waals surface area contributed by atoms with Crippen LogP contribution in [0, 0.1) is 0 Å². The molecule has 0 fully saturated rings. The number of likely N-dealkylation sites (N-methyl/N-ethyl adjacent to an activating group) is 1. The first-order valence-electron chi connectivity index (χ1n) is 7.47. The van der Waals surface area contributed by atoms with Crippen LogP contribution in [0.4, 0.5) is 8.78 Å². The Morgan fingerprint density at radius 1 is 1.24 bits per heavy atom. The lowest BCUT2D eigenvalue weighted by atomic mass is 10.1. The van der Waals surface area contributed by atoms with Crippen molar-refractivity contribution in [2.45, 2.75) is 39.3 Å². The van der Waals surface area contributed by atoms with Crippen LogP contribution in [0.2, 0.25) is 0 Å². The molecule has 0 bridgehead atoms. The van der Waals surface area contributed by atoms with Crippen molar-refractivity contribution < 1.29 is 13.5 Å². The summed E-state index contributed by atoms with van der Waals surface area (Å²) in [6.45, 7) is 4.63. The lowest BCUT2D eigenvalue weighted by Crippen LogP contribution is -2.34. The van der Waals surface area contributed by atoms with E-state index < -0.39 is 6.61 Å². The van der Waals surface area contributed by atoms with E-state index in [4.69, 9.17) is 0 Å². The Labute approximate surface area is 126 Å². The molecule has 1 aromatic carbocycles. The third-order valence-corrected chi connectivity index (χ3v) is 3.54. The Morgan fingerprint density at radius 2 is 1.90 bits per heavy atom. The molecule has 21 heavy (non-hydrogen) atoms. The minimum absolute atomic E-state index is 0.211. The van der Waals surface area contributed by atoms with E-state index in [1.54, 1.807) is 12.1 Å². The average Bonchev–Trinajstić information content (AvgIpc) is 2.45. The van der Waals surface area contributed by atoms with Gasteiger partial charge in [-0.25, -0.2) is 0 Å². The molecule has 5 heteroatoms. The number of aryl methyl sites for hydroxylation is 1. The number of alkyl halides is 2. The molecule has 0 aliphatic rings.